The molecule has 1 aliphatic heterocycles. The largest absolute Gasteiger partial charge is 0.334 e. The Balaban J connectivity index is 1.53. The van der Waals surface area contributed by atoms with Crippen molar-refractivity contribution in [3.63, 3.8) is 0 Å². The maximum absolute atomic E-state index is 13.8. The van der Waals surface area contributed by atoms with Crippen LogP contribution in [-0.4, -0.2) is 22.6 Å². The summed E-state index contributed by atoms with van der Waals surface area (Å²) in [7, 11) is 0. The molecule has 0 saturated carbocycles. The van der Waals surface area contributed by atoms with Crippen molar-refractivity contribution in [3.8, 4) is 11.5 Å². The van der Waals surface area contributed by atoms with Crippen molar-refractivity contribution >= 4 is 11.6 Å². The molecule has 0 radical (unpaired) electrons. The highest BCUT2D eigenvalue weighted by atomic mass is 19.1. The number of halogens is 1. The van der Waals surface area contributed by atoms with Crippen molar-refractivity contribution in [2.45, 2.75) is 32.6 Å². The van der Waals surface area contributed by atoms with Crippen LogP contribution in [0, 0.1) is 12.7 Å². The second kappa shape index (κ2) is 6.95. The van der Waals surface area contributed by atoms with Gasteiger partial charge in [-0.05, 0) is 48.7 Å². The molecule has 27 heavy (non-hydrogen) atoms. The molecule has 2 aromatic carbocycles. The van der Waals surface area contributed by atoms with E-state index in [0.717, 1.165) is 12.1 Å². The van der Waals surface area contributed by atoms with Gasteiger partial charge in [-0.3, -0.25) is 4.79 Å². The lowest BCUT2D eigenvalue weighted by molar-refractivity contribution is -0.117. The second-order valence-corrected chi connectivity index (χ2v) is 6.85. The number of benzene rings is 2. The molecule has 0 bridgehead atoms. The molecule has 1 amide bonds. The van der Waals surface area contributed by atoms with Crippen LogP contribution in [0.15, 0.2) is 47.0 Å². The van der Waals surface area contributed by atoms with Gasteiger partial charge < -0.3 is 9.42 Å². The fourth-order valence-electron chi connectivity index (χ4n) is 3.29. The van der Waals surface area contributed by atoms with E-state index in [0.29, 0.717) is 29.9 Å². The minimum absolute atomic E-state index is 0.0389. The number of amides is 1. The number of aromatic nitrogens is 2. The Bertz CT molecular complexity index is 981. The van der Waals surface area contributed by atoms with E-state index in [1.54, 1.807) is 24.0 Å². The third-order valence-corrected chi connectivity index (χ3v) is 5.01. The number of aryl methyl sites for hydroxylation is 2. The molecule has 1 aliphatic rings. The standard InChI is InChI=1S/C21H20FN3O2/c1-3-14-5-8-17(9-6-14)25-12-16(11-19(25)26)20-23-21(27-24-20)15-7-4-13(2)18(22)10-15/h4-10,16H,3,11-12H2,1-2H3/t16-/m1/s1. The Morgan fingerprint density at radius 3 is 2.70 bits per heavy atom. The van der Waals surface area contributed by atoms with E-state index in [-0.39, 0.29) is 23.5 Å². The molecule has 4 rings (SSSR count). The number of carbonyl (C=O) groups excluding carboxylic acids is 1. The fraction of sp³-hybridized carbons (Fsp3) is 0.286. The lowest BCUT2D eigenvalue weighted by atomic mass is 10.1. The van der Waals surface area contributed by atoms with E-state index in [9.17, 15) is 9.18 Å². The summed E-state index contributed by atoms with van der Waals surface area (Å²) in [6.45, 7) is 4.30. The topological polar surface area (TPSA) is 59.2 Å². The zero-order valence-electron chi connectivity index (χ0n) is 15.3. The molecule has 0 aliphatic carbocycles. The molecule has 2 heterocycles. The first-order valence-corrected chi connectivity index (χ1v) is 9.04. The third kappa shape index (κ3) is 3.35. The van der Waals surface area contributed by atoms with Gasteiger partial charge in [-0.15, -0.1) is 0 Å². The van der Waals surface area contributed by atoms with E-state index in [1.807, 2.05) is 24.3 Å². The number of hydrogen-bond acceptors (Lipinski definition) is 4. The Morgan fingerprint density at radius 2 is 2.00 bits per heavy atom. The predicted octanol–water partition coefficient (Wildman–Crippen LogP) is 4.27. The quantitative estimate of drug-likeness (QED) is 0.693. The van der Waals surface area contributed by atoms with Crippen molar-refractivity contribution < 1.29 is 13.7 Å². The van der Waals surface area contributed by atoms with E-state index in [1.165, 1.54) is 11.6 Å². The molecule has 138 valence electrons. The van der Waals surface area contributed by atoms with Crippen LogP contribution in [0.25, 0.3) is 11.5 Å². The summed E-state index contributed by atoms with van der Waals surface area (Å²) < 4.78 is 19.1. The highest BCUT2D eigenvalue weighted by Crippen LogP contribution is 2.32. The molecule has 6 heteroatoms. The Hall–Kier alpha value is -3.02. The van der Waals surface area contributed by atoms with Gasteiger partial charge >= 0.3 is 0 Å². The first kappa shape index (κ1) is 17.4. The monoisotopic (exact) mass is 365 g/mol. The fourth-order valence-corrected chi connectivity index (χ4v) is 3.29. The predicted molar refractivity (Wildman–Crippen MR) is 100.0 cm³/mol. The van der Waals surface area contributed by atoms with Crippen LogP contribution in [0.2, 0.25) is 0 Å². The second-order valence-electron chi connectivity index (χ2n) is 6.85. The van der Waals surface area contributed by atoms with E-state index >= 15 is 0 Å². The van der Waals surface area contributed by atoms with Crippen LogP contribution >= 0.6 is 0 Å². The van der Waals surface area contributed by atoms with Crippen LogP contribution in [0.4, 0.5) is 10.1 Å². The number of anilines is 1. The maximum Gasteiger partial charge on any atom is 0.258 e. The number of rotatable bonds is 4. The zero-order chi connectivity index (χ0) is 19.0. The summed E-state index contributed by atoms with van der Waals surface area (Å²) in [5.74, 6) is 0.326. The summed E-state index contributed by atoms with van der Waals surface area (Å²) in [5, 5.41) is 4.03. The van der Waals surface area contributed by atoms with Crippen LogP contribution in [0.3, 0.4) is 0 Å². The van der Waals surface area contributed by atoms with Crippen molar-refractivity contribution in [1.82, 2.24) is 10.1 Å². The average molecular weight is 365 g/mol. The van der Waals surface area contributed by atoms with Crippen molar-refractivity contribution in [2.24, 2.45) is 0 Å². The van der Waals surface area contributed by atoms with Gasteiger partial charge in [0.2, 0.25) is 5.91 Å². The molecule has 5 nitrogen and oxygen atoms in total. The Labute approximate surface area is 156 Å². The molecule has 0 spiro atoms. The summed E-state index contributed by atoms with van der Waals surface area (Å²) in [4.78, 5) is 18.6. The average Bonchev–Trinajstić information content (AvgIpc) is 3.31. The van der Waals surface area contributed by atoms with Crippen molar-refractivity contribution in [2.75, 3.05) is 11.4 Å². The highest BCUT2D eigenvalue weighted by Gasteiger charge is 2.34. The Kier molecular flexibility index (Phi) is 4.48. The SMILES string of the molecule is CCc1ccc(N2C[C@H](c3noc(-c4ccc(C)c(F)c4)n3)CC2=O)cc1. The van der Waals surface area contributed by atoms with Gasteiger partial charge in [-0.2, -0.15) is 4.98 Å². The summed E-state index contributed by atoms with van der Waals surface area (Å²) in [5.41, 5.74) is 3.21. The molecular weight excluding hydrogens is 345 g/mol. The third-order valence-electron chi connectivity index (χ3n) is 5.01. The molecule has 1 saturated heterocycles. The number of nitrogens with zero attached hydrogens (tertiary/aromatic N) is 3. The summed E-state index contributed by atoms with van der Waals surface area (Å²) in [6, 6.07) is 12.8. The molecule has 1 atom stereocenters. The van der Waals surface area contributed by atoms with Crippen LogP contribution < -0.4 is 4.90 Å². The van der Waals surface area contributed by atoms with Crippen molar-refractivity contribution in [3.05, 3.63) is 65.2 Å². The van der Waals surface area contributed by atoms with Gasteiger partial charge in [0, 0.05) is 30.1 Å². The Morgan fingerprint density at radius 1 is 1.22 bits per heavy atom. The zero-order valence-corrected chi connectivity index (χ0v) is 15.3. The summed E-state index contributed by atoms with van der Waals surface area (Å²) >= 11 is 0. The lowest BCUT2D eigenvalue weighted by Gasteiger charge is -2.16. The number of hydrogen-bond donors (Lipinski definition) is 0. The molecule has 0 unspecified atom stereocenters. The highest BCUT2D eigenvalue weighted by molar-refractivity contribution is 5.96. The van der Waals surface area contributed by atoms with Crippen LogP contribution in [-0.2, 0) is 11.2 Å². The molecule has 1 aromatic heterocycles. The number of carbonyl (C=O) groups is 1. The maximum atomic E-state index is 13.8. The first-order valence-electron chi connectivity index (χ1n) is 9.04. The lowest BCUT2D eigenvalue weighted by Crippen LogP contribution is -2.24. The minimum Gasteiger partial charge on any atom is -0.334 e. The molecule has 0 N–H and O–H groups in total. The van der Waals surface area contributed by atoms with Crippen LogP contribution in [0.1, 0.15) is 36.2 Å². The van der Waals surface area contributed by atoms with Gasteiger partial charge in [0.05, 0.1) is 0 Å². The van der Waals surface area contributed by atoms with Gasteiger partial charge in [0.25, 0.3) is 5.89 Å². The van der Waals surface area contributed by atoms with E-state index in [2.05, 4.69) is 17.1 Å². The van der Waals surface area contributed by atoms with E-state index < -0.39 is 0 Å². The van der Waals surface area contributed by atoms with Crippen molar-refractivity contribution in [1.29, 1.82) is 0 Å². The molecule has 3 aromatic rings. The molecular formula is C21H20FN3O2. The van der Waals surface area contributed by atoms with Gasteiger partial charge in [0.1, 0.15) is 5.82 Å². The smallest absolute Gasteiger partial charge is 0.258 e. The van der Waals surface area contributed by atoms with Gasteiger partial charge in [-0.25, -0.2) is 4.39 Å². The first-order chi connectivity index (χ1) is 13.0. The van der Waals surface area contributed by atoms with Crippen LogP contribution in [0.5, 0.6) is 0 Å². The van der Waals surface area contributed by atoms with E-state index in [4.69, 9.17) is 4.52 Å². The normalized spacial score (nSPS) is 16.9. The summed E-state index contributed by atoms with van der Waals surface area (Å²) in [6.07, 6.45) is 1.29. The minimum atomic E-state index is -0.315. The van der Waals surface area contributed by atoms with Gasteiger partial charge in [-0.1, -0.05) is 30.3 Å². The molecule has 1 fully saturated rings. The van der Waals surface area contributed by atoms with Gasteiger partial charge in [0.15, 0.2) is 5.82 Å².